The summed E-state index contributed by atoms with van der Waals surface area (Å²) in [6.07, 6.45) is 0. The fourth-order valence-corrected chi connectivity index (χ4v) is 2.30. The van der Waals surface area contributed by atoms with E-state index in [9.17, 15) is 5.11 Å². The molecule has 4 heteroatoms. The third-order valence-corrected chi connectivity index (χ3v) is 3.39. The fraction of sp³-hybridized carbons (Fsp3) is 0.143. The molecule has 0 radical (unpaired) electrons. The minimum atomic E-state index is -0.0375. The van der Waals surface area contributed by atoms with Gasteiger partial charge < -0.3 is 9.84 Å². The number of halogens is 2. The second kappa shape index (κ2) is 6.23. The number of benzene rings is 2. The van der Waals surface area contributed by atoms with Gasteiger partial charge in [0.05, 0.1) is 6.61 Å². The first-order valence-corrected chi connectivity index (χ1v) is 6.63. The maximum absolute atomic E-state index is 9.19. The first-order chi connectivity index (χ1) is 8.70. The predicted molar refractivity (Wildman–Crippen MR) is 75.8 cm³/mol. The monoisotopic (exact) mass is 326 g/mol. The van der Waals surface area contributed by atoms with Gasteiger partial charge in [-0.05, 0) is 18.2 Å². The largest absolute Gasteiger partial charge is 0.488 e. The number of para-hydroxylation sites is 1. The summed E-state index contributed by atoms with van der Waals surface area (Å²) >= 11 is 9.47. The summed E-state index contributed by atoms with van der Waals surface area (Å²) in [6.45, 7) is 0.341. The van der Waals surface area contributed by atoms with E-state index in [2.05, 4.69) is 15.9 Å². The van der Waals surface area contributed by atoms with Gasteiger partial charge in [0.1, 0.15) is 12.4 Å². The van der Waals surface area contributed by atoms with Gasteiger partial charge in [-0.2, -0.15) is 0 Å². The highest BCUT2D eigenvalue weighted by Crippen LogP contribution is 2.24. The van der Waals surface area contributed by atoms with Crippen LogP contribution in [0.25, 0.3) is 0 Å². The molecule has 0 saturated heterocycles. The van der Waals surface area contributed by atoms with Crippen molar-refractivity contribution in [1.29, 1.82) is 0 Å². The summed E-state index contributed by atoms with van der Waals surface area (Å²) < 4.78 is 6.61. The number of ether oxygens (including phenoxy) is 1. The Morgan fingerprint density at radius 2 is 1.89 bits per heavy atom. The quantitative estimate of drug-likeness (QED) is 0.913. The first kappa shape index (κ1) is 13.4. The van der Waals surface area contributed by atoms with Crippen molar-refractivity contribution < 1.29 is 9.84 Å². The molecule has 0 bridgehead atoms. The second-order valence-electron chi connectivity index (χ2n) is 3.79. The maximum Gasteiger partial charge on any atom is 0.125 e. The van der Waals surface area contributed by atoms with Crippen LogP contribution in [0, 0.1) is 0 Å². The van der Waals surface area contributed by atoms with Crippen LogP contribution in [0.1, 0.15) is 11.1 Å². The highest BCUT2D eigenvalue weighted by molar-refractivity contribution is 9.10. The Balaban J connectivity index is 2.11. The van der Waals surface area contributed by atoms with Crippen molar-refractivity contribution in [2.75, 3.05) is 0 Å². The molecule has 0 amide bonds. The van der Waals surface area contributed by atoms with Gasteiger partial charge >= 0.3 is 0 Å². The molecule has 94 valence electrons. The van der Waals surface area contributed by atoms with Crippen LogP contribution in [0.3, 0.4) is 0 Å². The standard InChI is InChI=1S/C14H12BrClO2/c15-12-6-5-11(13(16)7-12)9-18-14-4-2-1-3-10(14)8-17/h1-7,17H,8-9H2. The molecular formula is C14H12BrClO2. The summed E-state index contributed by atoms with van der Waals surface area (Å²) in [5, 5.41) is 9.85. The zero-order chi connectivity index (χ0) is 13.0. The van der Waals surface area contributed by atoms with Crippen LogP contribution in [-0.2, 0) is 13.2 Å². The van der Waals surface area contributed by atoms with E-state index in [1.165, 1.54) is 0 Å². The van der Waals surface area contributed by atoms with Crippen molar-refractivity contribution >= 4 is 27.5 Å². The lowest BCUT2D eigenvalue weighted by Crippen LogP contribution is -1.99. The normalized spacial score (nSPS) is 10.4. The summed E-state index contributed by atoms with van der Waals surface area (Å²) in [5.74, 6) is 0.680. The Labute approximate surface area is 119 Å². The number of aliphatic hydroxyl groups is 1. The van der Waals surface area contributed by atoms with Gasteiger partial charge in [-0.15, -0.1) is 0 Å². The summed E-state index contributed by atoms with van der Waals surface area (Å²) in [7, 11) is 0. The zero-order valence-electron chi connectivity index (χ0n) is 9.57. The average Bonchev–Trinajstić information content (AvgIpc) is 2.38. The molecule has 0 atom stereocenters. The van der Waals surface area contributed by atoms with Gasteiger partial charge in [0, 0.05) is 20.6 Å². The van der Waals surface area contributed by atoms with E-state index in [1.807, 2.05) is 42.5 Å². The molecule has 0 aromatic heterocycles. The van der Waals surface area contributed by atoms with E-state index in [1.54, 1.807) is 0 Å². The molecule has 0 unspecified atom stereocenters. The molecule has 2 aromatic rings. The van der Waals surface area contributed by atoms with Crippen LogP contribution < -0.4 is 4.74 Å². The Hall–Kier alpha value is -1.03. The van der Waals surface area contributed by atoms with E-state index in [4.69, 9.17) is 16.3 Å². The molecule has 0 aliphatic carbocycles. The van der Waals surface area contributed by atoms with Crippen LogP contribution in [0.15, 0.2) is 46.9 Å². The highest BCUT2D eigenvalue weighted by Gasteiger charge is 2.05. The molecule has 0 aliphatic rings. The van der Waals surface area contributed by atoms with Gasteiger partial charge in [0.2, 0.25) is 0 Å². The number of hydrogen-bond donors (Lipinski definition) is 1. The molecule has 1 N–H and O–H groups in total. The van der Waals surface area contributed by atoms with Gasteiger partial charge in [0.15, 0.2) is 0 Å². The topological polar surface area (TPSA) is 29.5 Å². The molecule has 0 heterocycles. The lowest BCUT2D eigenvalue weighted by Gasteiger charge is -2.11. The Kier molecular flexibility index (Phi) is 4.64. The van der Waals surface area contributed by atoms with E-state index >= 15 is 0 Å². The molecule has 2 rings (SSSR count). The molecule has 0 fully saturated rings. The van der Waals surface area contributed by atoms with E-state index in [0.717, 1.165) is 15.6 Å². The third kappa shape index (κ3) is 3.25. The molecule has 2 nitrogen and oxygen atoms in total. The molecule has 2 aromatic carbocycles. The summed E-state index contributed by atoms with van der Waals surface area (Å²) in [4.78, 5) is 0. The smallest absolute Gasteiger partial charge is 0.125 e. The van der Waals surface area contributed by atoms with Crippen molar-refractivity contribution in [3.63, 3.8) is 0 Å². The van der Waals surface area contributed by atoms with Gasteiger partial charge in [0.25, 0.3) is 0 Å². The molecule has 18 heavy (non-hydrogen) atoms. The van der Waals surface area contributed by atoms with Crippen LogP contribution in [0.4, 0.5) is 0 Å². The van der Waals surface area contributed by atoms with Crippen molar-refractivity contribution in [2.45, 2.75) is 13.2 Å². The average molecular weight is 328 g/mol. The maximum atomic E-state index is 9.19. The summed E-state index contributed by atoms with van der Waals surface area (Å²) in [6, 6.07) is 13.1. The zero-order valence-corrected chi connectivity index (χ0v) is 11.9. The van der Waals surface area contributed by atoms with Gasteiger partial charge in [-0.3, -0.25) is 0 Å². The van der Waals surface area contributed by atoms with Crippen LogP contribution in [0.2, 0.25) is 5.02 Å². The fourth-order valence-electron chi connectivity index (χ4n) is 1.57. The second-order valence-corrected chi connectivity index (χ2v) is 5.11. The van der Waals surface area contributed by atoms with E-state index in [0.29, 0.717) is 17.4 Å². The van der Waals surface area contributed by atoms with Crippen molar-refractivity contribution in [2.24, 2.45) is 0 Å². The molecule has 0 spiro atoms. The number of rotatable bonds is 4. The number of hydrogen-bond acceptors (Lipinski definition) is 2. The van der Waals surface area contributed by atoms with E-state index in [-0.39, 0.29) is 6.61 Å². The van der Waals surface area contributed by atoms with Crippen LogP contribution in [0.5, 0.6) is 5.75 Å². The molecule has 0 aliphatic heterocycles. The minimum absolute atomic E-state index is 0.0375. The van der Waals surface area contributed by atoms with Gasteiger partial charge in [-0.1, -0.05) is 51.8 Å². The van der Waals surface area contributed by atoms with Crippen LogP contribution >= 0.6 is 27.5 Å². The lowest BCUT2D eigenvalue weighted by atomic mass is 10.2. The van der Waals surface area contributed by atoms with Crippen LogP contribution in [-0.4, -0.2) is 5.11 Å². The van der Waals surface area contributed by atoms with Crippen molar-refractivity contribution in [1.82, 2.24) is 0 Å². The number of aliphatic hydroxyl groups excluding tert-OH is 1. The predicted octanol–water partition coefficient (Wildman–Crippen LogP) is 4.17. The Bertz CT molecular complexity index is 543. The van der Waals surface area contributed by atoms with Crippen molar-refractivity contribution in [3.8, 4) is 5.75 Å². The molecule has 0 saturated carbocycles. The van der Waals surface area contributed by atoms with E-state index < -0.39 is 0 Å². The SMILES string of the molecule is OCc1ccccc1OCc1ccc(Br)cc1Cl. The Morgan fingerprint density at radius 3 is 2.61 bits per heavy atom. The Morgan fingerprint density at radius 1 is 1.11 bits per heavy atom. The first-order valence-electron chi connectivity index (χ1n) is 5.46. The third-order valence-electron chi connectivity index (χ3n) is 2.54. The van der Waals surface area contributed by atoms with Gasteiger partial charge in [-0.25, -0.2) is 0 Å². The highest BCUT2D eigenvalue weighted by atomic mass is 79.9. The lowest BCUT2D eigenvalue weighted by molar-refractivity contribution is 0.259. The summed E-state index contributed by atoms with van der Waals surface area (Å²) in [5.41, 5.74) is 1.68. The van der Waals surface area contributed by atoms with Crippen molar-refractivity contribution in [3.05, 3.63) is 63.1 Å². The minimum Gasteiger partial charge on any atom is -0.488 e. The molecular weight excluding hydrogens is 316 g/mol.